The molecule has 4 heteroatoms. The summed E-state index contributed by atoms with van der Waals surface area (Å²) in [6.07, 6.45) is 4.10. The number of carbonyl (C=O) groups is 1. The third-order valence-electron chi connectivity index (χ3n) is 2.68. The summed E-state index contributed by atoms with van der Waals surface area (Å²) in [6.45, 7) is 6.48. The standard InChI is InChI=1S/C11H20N2O2/c1-3-6-12-11(14)9-13-7-4-10(15-2)5-8-13/h3,10H,1,4-9H2,2H3,(H,12,14). The molecule has 1 saturated heterocycles. The van der Waals surface area contributed by atoms with E-state index < -0.39 is 0 Å². The van der Waals surface area contributed by atoms with Gasteiger partial charge in [-0.05, 0) is 12.8 Å². The number of nitrogens with zero attached hydrogens (tertiary/aromatic N) is 1. The van der Waals surface area contributed by atoms with Crippen LogP contribution in [0.15, 0.2) is 12.7 Å². The topological polar surface area (TPSA) is 41.6 Å². The van der Waals surface area contributed by atoms with Gasteiger partial charge in [0.1, 0.15) is 0 Å². The summed E-state index contributed by atoms with van der Waals surface area (Å²) in [6, 6.07) is 0. The average Bonchev–Trinajstić information content (AvgIpc) is 2.27. The Labute approximate surface area is 91.3 Å². The molecular weight excluding hydrogens is 192 g/mol. The lowest BCUT2D eigenvalue weighted by Crippen LogP contribution is -2.42. The highest BCUT2D eigenvalue weighted by Gasteiger charge is 2.19. The van der Waals surface area contributed by atoms with Gasteiger partial charge in [-0.25, -0.2) is 0 Å². The van der Waals surface area contributed by atoms with Crippen molar-refractivity contribution in [2.75, 3.05) is 33.3 Å². The summed E-state index contributed by atoms with van der Waals surface area (Å²) in [4.78, 5) is 13.6. The van der Waals surface area contributed by atoms with Crippen LogP contribution in [-0.4, -0.2) is 50.2 Å². The molecule has 1 rings (SSSR count). The number of ether oxygens (including phenoxy) is 1. The van der Waals surface area contributed by atoms with Crippen molar-refractivity contribution in [1.82, 2.24) is 10.2 Å². The zero-order chi connectivity index (χ0) is 11.1. The molecular formula is C11H20N2O2. The number of likely N-dealkylation sites (tertiary alicyclic amines) is 1. The summed E-state index contributed by atoms with van der Waals surface area (Å²) in [7, 11) is 1.75. The van der Waals surface area contributed by atoms with Gasteiger partial charge >= 0.3 is 0 Å². The molecule has 4 nitrogen and oxygen atoms in total. The monoisotopic (exact) mass is 212 g/mol. The molecule has 0 unspecified atom stereocenters. The van der Waals surface area contributed by atoms with Crippen LogP contribution in [0.3, 0.4) is 0 Å². The normalized spacial score (nSPS) is 18.7. The summed E-state index contributed by atoms with van der Waals surface area (Å²) in [5, 5.41) is 2.77. The van der Waals surface area contributed by atoms with Crippen molar-refractivity contribution in [2.24, 2.45) is 0 Å². The van der Waals surface area contributed by atoms with Gasteiger partial charge in [-0.3, -0.25) is 9.69 Å². The minimum Gasteiger partial charge on any atom is -0.381 e. The molecule has 0 bridgehead atoms. The predicted octanol–water partition coefficient (Wildman–Crippen LogP) is 0.399. The zero-order valence-electron chi connectivity index (χ0n) is 9.37. The van der Waals surface area contributed by atoms with Crippen LogP contribution in [0.1, 0.15) is 12.8 Å². The molecule has 0 aromatic rings. The first-order valence-corrected chi connectivity index (χ1v) is 5.39. The second-order valence-corrected chi connectivity index (χ2v) is 3.80. The van der Waals surface area contributed by atoms with Gasteiger partial charge in [0, 0.05) is 26.7 Å². The van der Waals surface area contributed by atoms with Crippen molar-refractivity contribution in [3.05, 3.63) is 12.7 Å². The highest BCUT2D eigenvalue weighted by molar-refractivity contribution is 5.78. The lowest BCUT2D eigenvalue weighted by molar-refractivity contribution is -0.122. The van der Waals surface area contributed by atoms with Crippen molar-refractivity contribution in [2.45, 2.75) is 18.9 Å². The molecule has 0 spiro atoms. The number of piperidine rings is 1. The van der Waals surface area contributed by atoms with E-state index in [1.807, 2.05) is 0 Å². The van der Waals surface area contributed by atoms with E-state index >= 15 is 0 Å². The molecule has 0 atom stereocenters. The molecule has 15 heavy (non-hydrogen) atoms. The highest BCUT2D eigenvalue weighted by Crippen LogP contribution is 2.11. The van der Waals surface area contributed by atoms with E-state index in [0.717, 1.165) is 25.9 Å². The van der Waals surface area contributed by atoms with Crippen LogP contribution in [0.5, 0.6) is 0 Å². The first-order valence-electron chi connectivity index (χ1n) is 5.39. The Morgan fingerprint density at radius 3 is 2.80 bits per heavy atom. The van der Waals surface area contributed by atoms with Crippen molar-refractivity contribution in [3.63, 3.8) is 0 Å². The number of hydrogen-bond donors (Lipinski definition) is 1. The van der Waals surface area contributed by atoms with Crippen LogP contribution in [-0.2, 0) is 9.53 Å². The number of methoxy groups -OCH3 is 1. The summed E-state index contributed by atoms with van der Waals surface area (Å²) in [5.74, 6) is 0.0748. The number of carbonyl (C=O) groups excluding carboxylic acids is 1. The van der Waals surface area contributed by atoms with Gasteiger partial charge in [0.05, 0.1) is 12.6 Å². The minimum absolute atomic E-state index is 0.0748. The van der Waals surface area contributed by atoms with E-state index in [2.05, 4.69) is 16.8 Å². The number of amides is 1. The van der Waals surface area contributed by atoms with E-state index in [0.29, 0.717) is 19.2 Å². The summed E-state index contributed by atoms with van der Waals surface area (Å²) < 4.78 is 5.27. The quantitative estimate of drug-likeness (QED) is 0.671. The van der Waals surface area contributed by atoms with E-state index in [9.17, 15) is 4.79 Å². The molecule has 1 amide bonds. The largest absolute Gasteiger partial charge is 0.381 e. The van der Waals surface area contributed by atoms with Crippen LogP contribution in [0.2, 0.25) is 0 Å². The maximum Gasteiger partial charge on any atom is 0.234 e. The van der Waals surface area contributed by atoms with Crippen LogP contribution in [0, 0.1) is 0 Å². The molecule has 0 aromatic heterocycles. The molecule has 1 aliphatic heterocycles. The van der Waals surface area contributed by atoms with Crippen molar-refractivity contribution in [1.29, 1.82) is 0 Å². The number of nitrogens with one attached hydrogen (secondary N) is 1. The van der Waals surface area contributed by atoms with Gasteiger partial charge in [0.25, 0.3) is 0 Å². The van der Waals surface area contributed by atoms with Crippen molar-refractivity contribution < 1.29 is 9.53 Å². The molecule has 0 aromatic carbocycles. The van der Waals surface area contributed by atoms with E-state index in [-0.39, 0.29) is 5.91 Å². The Kier molecular flexibility index (Phi) is 5.36. The molecule has 0 radical (unpaired) electrons. The smallest absolute Gasteiger partial charge is 0.234 e. The number of hydrogen-bond acceptors (Lipinski definition) is 3. The predicted molar refractivity (Wildman–Crippen MR) is 59.7 cm³/mol. The van der Waals surface area contributed by atoms with Gasteiger partial charge in [0.15, 0.2) is 0 Å². The van der Waals surface area contributed by atoms with Gasteiger partial charge in [-0.15, -0.1) is 6.58 Å². The van der Waals surface area contributed by atoms with Gasteiger partial charge < -0.3 is 10.1 Å². The molecule has 0 aliphatic carbocycles. The van der Waals surface area contributed by atoms with Gasteiger partial charge in [-0.1, -0.05) is 6.08 Å². The van der Waals surface area contributed by atoms with Crippen LogP contribution in [0.4, 0.5) is 0 Å². The second kappa shape index (κ2) is 6.58. The first-order chi connectivity index (χ1) is 7.26. The van der Waals surface area contributed by atoms with E-state index in [4.69, 9.17) is 4.74 Å². The maximum atomic E-state index is 11.4. The fourth-order valence-electron chi connectivity index (χ4n) is 1.75. The molecule has 1 N–H and O–H groups in total. The zero-order valence-corrected chi connectivity index (χ0v) is 9.37. The lowest BCUT2D eigenvalue weighted by atomic mass is 10.1. The third-order valence-corrected chi connectivity index (χ3v) is 2.68. The van der Waals surface area contributed by atoms with Gasteiger partial charge in [-0.2, -0.15) is 0 Å². The second-order valence-electron chi connectivity index (χ2n) is 3.80. The van der Waals surface area contributed by atoms with Crippen LogP contribution >= 0.6 is 0 Å². The Morgan fingerprint density at radius 1 is 1.60 bits per heavy atom. The van der Waals surface area contributed by atoms with Crippen molar-refractivity contribution >= 4 is 5.91 Å². The molecule has 1 heterocycles. The molecule has 1 aliphatic rings. The highest BCUT2D eigenvalue weighted by atomic mass is 16.5. The van der Waals surface area contributed by atoms with Gasteiger partial charge in [0.2, 0.25) is 5.91 Å². The summed E-state index contributed by atoms with van der Waals surface area (Å²) in [5.41, 5.74) is 0. The lowest BCUT2D eigenvalue weighted by Gasteiger charge is -2.30. The average molecular weight is 212 g/mol. The molecule has 86 valence electrons. The minimum atomic E-state index is 0.0748. The third kappa shape index (κ3) is 4.44. The van der Waals surface area contributed by atoms with E-state index in [1.165, 1.54) is 0 Å². The first kappa shape index (κ1) is 12.2. The Bertz CT molecular complexity index is 211. The Morgan fingerprint density at radius 2 is 2.27 bits per heavy atom. The fraction of sp³-hybridized carbons (Fsp3) is 0.727. The number of rotatable bonds is 5. The Balaban J connectivity index is 2.17. The maximum absolute atomic E-state index is 11.4. The van der Waals surface area contributed by atoms with Crippen molar-refractivity contribution in [3.8, 4) is 0 Å². The molecule has 1 fully saturated rings. The fourth-order valence-corrected chi connectivity index (χ4v) is 1.75. The van der Waals surface area contributed by atoms with Crippen LogP contribution in [0.25, 0.3) is 0 Å². The Hall–Kier alpha value is -0.870. The SMILES string of the molecule is C=CCNC(=O)CN1CCC(OC)CC1. The van der Waals surface area contributed by atoms with E-state index in [1.54, 1.807) is 13.2 Å². The molecule has 0 saturated carbocycles. The van der Waals surface area contributed by atoms with Crippen LogP contribution < -0.4 is 5.32 Å². The summed E-state index contributed by atoms with van der Waals surface area (Å²) >= 11 is 0.